The third-order valence-electron chi connectivity index (χ3n) is 1.95. The van der Waals surface area contributed by atoms with Gasteiger partial charge in [-0.15, -0.1) is 0 Å². The summed E-state index contributed by atoms with van der Waals surface area (Å²) in [5.74, 6) is 0. The van der Waals surface area contributed by atoms with E-state index in [4.69, 9.17) is 13.9 Å². The monoisotopic (exact) mass is 190 g/mol. The molecule has 1 aliphatic heterocycles. The fourth-order valence-electron chi connectivity index (χ4n) is 1.26. The van der Waals surface area contributed by atoms with Gasteiger partial charge in [-0.3, -0.25) is 0 Å². The molecule has 0 amide bonds. The van der Waals surface area contributed by atoms with Crippen LogP contribution in [0.25, 0.3) is 0 Å². The molecule has 0 aromatic heterocycles. The Kier molecular flexibility index (Phi) is 5.59. The number of hydrogen-bond donors (Lipinski definition) is 0. The van der Waals surface area contributed by atoms with Crippen LogP contribution in [0, 0.1) is 0 Å². The molecule has 0 bridgehead atoms. The molecule has 72 valence electrons. The van der Waals surface area contributed by atoms with E-state index in [0.717, 1.165) is 13.2 Å². The van der Waals surface area contributed by atoms with Crippen molar-refractivity contribution in [3.05, 3.63) is 0 Å². The maximum absolute atomic E-state index is 5.54. The van der Waals surface area contributed by atoms with Crippen molar-refractivity contribution >= 4 is 9.76 Å². The molecule has 1 heterocycles. The van der Waals surface area contributed by atoms with E-state index in [0.29, 0.717) is 12.5 Å². The molecular weight excluding hydrogens is 172 g/mol. The van der Waals surface area contributed by atoms with Gasteiger partial charge in [0.25, 0.3) is 0 Å². The Balaban J connectivity index is 1.91. The Hall–Kier alpha value is 0.0969. The Morgan fingerprint density at radius 3 is 3.08 bits per heavy atom. The quantitative estimate of drug-likeness (QED) is 0.361. The van der Waals surface area contributed by atoms with Gasteiger partial charge in [0.1, 0.15) is 6.79 Å². The molecule has 0 aliphatic carbocycles. The average molecular weight is 190 g/mol. The van der Waals surface area contributed by atoms with Crippen molar-refractivity contribution in [1.29, 1.82) is 0 Å². The van der Waals surface area contributed by atoms with Crippen molar-refractivity contribution in [1.82, 2.24) is 0 Å². The predicted octanol–water partition coefficient (Wildman–Crippen LogP) is 0.607. The molecule has 1 saturated heterocycles. The molecule has 1 atom stereocenters. The van der Waals surface area contributed by atoms with Crippen LogP contribution >= 0.6 is 0 Å². The van der Waals surface area contributed by atoms with Gasteiger partial charge in [0, 0.05) is 13.2 Å². The van der Waals surface area contributed by atoms with Crippen LogP contribution in [0.15, 0.2) is 0 Å². The standard InChI is InChI=1S/C8H18O3Si/c1-2-9-7-11-12-8-5-3-4-6-10-8/h8H,2-7,12H2,1H3. The summed E-state index contributed by atoms with van der Waals surface area (Å²) in [7, 11) is -0.502. The number of ether oxygens (including phenoxy) is 2. The van der Waals surface area contributed by atoms with Crippen molar-refractivity contribution in [3.8, 4) is 0 Å². The fraction of sp³-hybridized carbons (Fsp3) is 1.00. The number of hydrogen-bond acceptors (Lipinski definition) is 3. The van der Waals surface area contributed by atoms with Gasteiger partial charge < -0.3 is 13.9 Å². The zero-order valence-corrected chi connectivity index (χ0v) is 9.17. The van der Waals surface area contributed by atoms with Gasteiger partial charge >= 0.3 is 0 Å². The average Bonchev–Trinajstić information content (AvgIpc) is 2.14. The highest BCUT2D eigenvalue weighted by Crippen LogP contribution is 2.11. The second-order valence-corrected chi connectivity index (χ2v) is 4.62. The van der Waals surface area contributed by atoms with Gasteiger partial charge in [0.15, 0.2) is 9.76 Å². The molecule has 0 N–H and O–H groups in total. The molecule has 0 aromatic rings. The van der Waals surface area contributed by atoms with Crippen LogP contribution in [0.4, 0.5) is 0 Å². The first kappa shape index (κ1) is 10.2. The summed E-state index contributed by atoms with van der Waals surface area (Å²) in [6.07, 6.45) is 3.71. The van der Waals surface area contributed by atoms with Crippen LogP contribution in [0.5, 0.6) is 0 Å². The van der Waals surface area contributed by atoms with E-state index in [1.807, 2.05) is 6.92 Å². The van der Waals surface area contributed by atoms with Crippen molar-refractivity contribution in [2.75, 3.05) is 20.0 Å². The highest BCUT2D eigenvalue weighted by Gasteiger charge is 2.14. The van der Waals surface area contributed by atoms with Gasteiger partial charge in [0.05, 0.1) is 5.73 Å². The first-order valence-corrected chi connectivity index (χ1v) is 6.10. The molecule has 12 heavy (non-hydrogen) atoms. The van der Waals surface area contributed by atoms with E-state index in [-0.39, 0.29) is 0 Å². The van der Waals surface area contributed by atoms with Gasteiger partial charge in [-0.2, -0.15) is 0 Å². The molecule has 3 nitrogen and oxygen atoms in total. The minimum Gasteiger partial charge on any atom is -0.399 e. The summed E-state index contributed by atoms with van der Waals surface area (Å²) < 4.78 is 16.0. The first-order chi connectivity index (χ1) is 5.93. The second kappa shape index (κ2) is 6.60. The Morgan fingerprint density at radius 1 is 1.50 bits per heavy atom. The normalized spacial score (nSPS) is 25.2. The lowest BCUT2D eigenvalue weighted by Gasteiger charge is -2.21. The fourth-order valence-corrected chi connectivity index (χ4v) is 2.46. The molecule has 0 spiro atoms. The topological polar surface area (TPSA) is 27.7 Å². The Labute approximate surface area is 76.3 Å². The second-order valence-electron chi connectivity index (χ2n) is 2.97. The zero-order chi connectivity index (χ0) is 8.65. The molecule has 0 aromatic carbocycles. The summed E-state index contributed by atoms with van der Waals surface area (Å²) >= 11 is 0. The maximum atomic E-state index is 5.54. The minimum atomic E-state index is -0.502. The van der Waals surface area contributed by atoms with Crippen molar-refractivity contribution < 1.29 is 13.9 Å². The number of rotatable bonds is 5. The summed E-state index contributed by atoms with van der Waals surface area (Å²) in [4.78, 5) is 0. The van der Waals surface area contributed by atoms with Crippen molar-refractivity contribution in [3.63, 3.8) is 0 Å². The molecule has 1 unspecified atom stereocenters. The highest BCUT2D eigenvalue weighted by atomic mass is 28.2. The lowest BCUT2D eigenvalue weighted by molar-refractivity contribution is 0.00545. The van der Waals surface area contributed by atoms with Gasteiger partial charge in [-0.25, -0.2) is 0 Å². The third kappa shape index (κ3) is 4.20. The molecule has 1 fully saturated rings. The van der Waals surface area contributed by atoms with Gasteiger partial charge in [-0.05, 0) is 26.2 Å². The smallest absolute Gasteiger partial charge is 0.193 e. The zero-order valence-electron chi connectivity index (χ0n) is 7.75. The maximum Gasteiger partial charge on any atom is 0.193 e. The minimum absolute atomic E-state index is 0.444. The molecule has 1 rings (SSSR count). The SMILES string of the molecule is CCOCO[SiH2]C1CCCCO1. The van der Waals surface area contributed by atoms with Crippen LogP contribution in [0.2, 0.25) is 0 Å². The summed E-state index contributed by atoms with van der Waals surface area (Å²) in [6, 6.07) is 0. The van der Waals surface area contributed by atoms with E-state index in [1.54, 1.807) is 0 Å². The van der Waals surface area contributed by atoms with E-state index in [1.165, 1.54) is 19.3 Å². The van der Waals surface area contributed by atoms with E-state index < -0.39 is 9.76 Å². The van der Waals surface area contributed by atoms with Crippen LogP contribution in [-0.4, -0.2) is 35.5 Å². The molecule has 0 saturated carbocycles. The molecular formula is C8H18O3Si. The molecule has 1 aliphatic rings. The lowest BCUT2D eigenvalue weighted by Crippen LogP contribution is -2.27. The van der Waals surface area contributed by atoms with E-state index >= 15 is 0 Å². The highest BCUT2D eigenvalue weighted by molar-refractivity contribution is 6.29. The van der Waals surface area contributed by atoms with Crippen LogP contribution in [0.1, 0.15) is 26.2 Å². The summed E-state index contributed by atoms with van der Waals surface area (Å²) in [5, 5.41) is 0. The molecule has 0 radical (unpaired) electrons. The lowest BCUT2D eigenvalue weighted by atomic mass is 10.2. The van der Waals surface area contributed by atoms with Gasteiger partial charge in [0.2, 0.25) is 0 Å². The first-order valence-electron chi connectivity index (χ1n) is 4.70. The van der Waals surface area contributed by atoms with Crippen molar-refractivity contribution in [2.45, 2.75) is 31.9 Å². The Bertz CT molecular complexity index is 104. The predicted molar refractivity (Wildman–Crippen MR) is 49.7 cm³/mol. The summed E-state index contributed by atoms with van der Waals surface area (Å²) in [5.41, 5.74) is 0.444. The van der Waals surface area contributed by atoms with Crippen LogP contribution < -0.4 is 0 Å². The van der Waals surface area contributed by atoms with Crippen LogP contribution in [0.3, 0.4) is 0 Å². The summed E-state index contributed by atoms with van der Waals surface area (Å²) in [6.45, 7) is 4.10. The largest absolute Gasteiger partial charge is 0.399 e. The van der Waals surface area contributed by atoms with Crippen molar-refractivity contribution in [2.24, 2.45) is 0 Å². The van der Waals surface area contributed by atoms with E-state index in [2.05, 4.69) is 0 Å². The van der Waals surface area contributed by atoms with Gasteiger partial charge in [-0.1, -0.05) is 0 Å². The van der Waals surface area contributed by atoms with Crippen LogP contribution in [-0.2, 0) is 13.9 Å². The molecule has 4 heteroatoms. The van der Waals surface area contributed by atoms with E-state index in [9.17, 15) is 0 Å². The third-order valence-corrected chi connectivity index (χ3v) is 3.37. The Morgan fingerprint density at radius 2 is 2.42 bits per heavy atom.